The molecule has 0 aliphatic heterocycles. The Bertz CT molecular complexity index is 1230. The number of pyridine rings is 2. The number of aromatic nitrogens is 2. The van der Waals surface area contributed by atoms with E-state index in [1.807, 2.05) is 30.5 Å². The maximum Gasteiger partial charge on any atom is 0.266 e. The second-order valence-electron chi connectivity index (χ2n) is 7.73. The number of thiophene rings is 1. The number of anilines is 1. The molecule has 5 nitrogen and oxygen atoms in total. The van der Waals surface area contributed by atoms with E-state index in [2.05, 4.69) is 22.2 Å². The largest absolute Gasteiger partial charge is 0.507 e. The number of nitrogens with zero attached hydrogens (tertiary/aromatic N) is 1. The van der Waals surface area contributed by atoms with E-state index < -0.39 is 0 Å². The summed E-state index contributed by atoms with van der Waals surface area (Å²) in [6.07, 6.45) is 7.98. The van der Waals surface area contributed by atoms with Gasteiger partial charge in [0, 0.05) is 34.6 Å². The van der Waals surface area contributed by atoms with Crippen molar-refractivity contribution in [2.24, 2.45) is 0 Å². The van der Waals surface area contributed by atoms with E-state index in [9.17, 15) is 9.90 Å². The first kappa shape index (κ1) is 20.4. The highest BCUT2D eigenvalue weighted by Gasteiger charge is 2.17. The standard InChI is InChI=1S/C24H27N3O2S/c1-3-4-5-6-7-11-25-19-9-8-16(14-26-19)20-18(28)13-15(2)22-21(20)17-10-12-30-23(17)24(29)27-22/h8-10,12-14,28H,3-7,11H2,1-2H3,(H,25,26)(H,27,29). The lowest BCUT2D eigenvalue weighted by molar-refractivity contribution is 0.477. The Morgan fingerprint density at radius 2 is 2.00 bits per heavy atom. The highest BCUT2D eigenvalue weighted by atomic mass is 32.1. The number of H-pyrrole nitrogens is 1. The number of rotatable bonds is 8. The lowest BCUT2D eigenvalue weighted by Gasteiger charge is -2.13. The van der Waals surface area contributed by atoms with Gasteiger partial charge in [-0.15, -0.1) is 11.3 Å². The number of aromatic hydroxyl groups is 1. The molecule has 0 amide bonds. The van der Waals surface area contributed by atoms with Crippen LogP contribution in [0.15, 0.2) is 40.6 Å². The van der Waals surface area contributed by atoms with Crippen LogP contribution in [0.1, 0.15) is 44.6 Å². The number of fused-ring (bicyclic) bond motifs is 3. The molecule has 3 heterocycles. The van der Waals surface area contributed by atoms with Crippen LogP contribution in [0, 0.1) is 6.92 Å². The number of aromatic amines is 1. The van der Waals surface area contributed by atoms with Gasteiger partial charge in [-0.25, -0.2) is 4.98 Å². The van der Waals surface area contributed by atoms with E-state index in [0.29, 0.717) is 10.3 Å². The molecule has 30 heavy (non-hydrogen) atoms. The van der Waals surface area contributed by atoms with Crippen molar-refractivity contribution in [3.8, 4) is 16.9 Å². The molecule has 3 aromatic heterocycles. The Kier molecular flexibility index (Phi) is 6.04. The molecule has 4 aromatic rings. The normalized spacial score (nSPS) is 11.4. The number of aryl methyl sites for hydroxylation is 1. The molecule has 0 bridgehead atoms. The Balaban J connectivity index is 1.66. The molecule has 6 heteroatoms. The Labute approximate surface area is 179 Å². The van der Waals surface area contributed by atoms with Gasteiger partial charge in [0.1, 0.15) is 16.3 Å². The van der Waals surface area contributed by atoms with Crippen LogP contribution in [0.25, 0.3) is 32.1 Å². The van der Waals surface area contributed by atoms with Gasteiger partial charge in [-0.1, -0.05) is 32.6 Å². The third-order valence-electron chi connectivity index (χ3n) is 5.52. The van der Waals surface area contributed by atoms with Crippen LogP contribution in [0.3, 0.4) is 0 Å². The van der Waals surface area contributed by atoms with Crippen LogP contribution in [-0.2, 0) is 0 Å². The molecular weight excluding hydrogens is 394 g/mol. The maximum absolute atomic E-state index is 12.4. The van der Waals surface area contributed by atoms with E-state index >= 15 is 0 Å². The van der Waals surface area contributed by atoms with Gasteiger partial charge in [-0.05, 0) is 48.6 Å². The molecule has 0 fully saturated rings. The third-order valence-corrected chi connectivity index (χ3v) is 6.43. The highest BCUT2D eigenvalue weighted by Crippen LogP contribution is 2.41. The van der Waals surface area contributed by atoms with Crippen molar-refractivity contribution in [3.63, 3.8) is 0 Å². The van der Waals surface area contributed by atoms with Gasteiger partial charge in [0.05, 0.1) is 5.52 Å². The second kappa shape index (κ2) is 8.88. The van der Waals surface area contributed by atoms with Crippen molar-refractivity contribution >= 4 is 38.1 Å². The van der Waals surface area contributed by atoms with E-state index in [4.69, 9.17) is 0 Å². The predicted octanol–water partition coefficient (Wildman–Crippen LogP) is 6.20. The summed E-state index contributed by atoms with van der Waals surface area (Å²) in [7, 11) is 0. The summed E-state index contributed by atoms with van der Waals surface area (Å²) >= 11 is 1.41. The molecular formula is C24H27N3O2S. The minimum Gasteiger partial charge on any atom is -0.507 e. The SMILES string of the molecule is CCCCCCCNc1ccc(-c2c(O)cc(C)c3[nH]c(=O)c4sccc4c23)cn1. The zero-order valence-corrected chi connectivity index (χ0v) is 18.2. The molecule has 0 aliphatic rings. The number of benzene rings is 1. The van der Waals surface area contributed by atoms with Crippen molar-refractivity contribution in [3.05, 3.63) is 51.8 Å². The molecule has 156 valence electrons. The van der Waals surface area contributed by atoms with Gasteiger partial charge < -0.3 is 15.4 Å². The lowest BCUT2D eigenvalue weighted by atomic mass is 9.96. The number of phenols is 1. The maximum atomic E-state index is 12.4. The zero-order chi connectivity index (χ0) is 21.1. The summed E-state index contributed by atoms with van der Waals surface area (Å²) in [6, 6.07) is 7.57. The fourth-order valence-electron chi connectivity index (χ4n) is 3.97. The summed E-state index contributed by atoms with van der Waals surface area (Å²) in [5.74, 6) is 1.03. The van der Waals surface area contributed by atoms with Gasteiger partial charge in [0.2, 0.25) is 0 Å². The third kappa shape index (κ3) is 3.92. The summed E-state index contributed by atoms with van der Waals surface area (Å²) < 4.78 is 0.670. The summed E-state index contributed by atoms with van der Waals surface area (Å²) in [5, 5.41) is 17.8. The zero-order valence-electron chi connectivity index (χ0n) is 17.4. The van der Waals surface area contributed by atoms with Gasteiger partial charge in [-0.2, -0.15) is 0 Å². The molecule has 0 saturated carbocycles. The lowest BCUT2D eigenvalue weighted by Crippen LogP contribution is -2.06. The molecule has 0 atom stereocenters. The predicted molar refractivity (Wildman–Crippen MR) is 127 cm³/mol. The molecule has 1 aromatic carbocycles. The topological polar surface area (TPSA) is 78.0 Å². The highest BCUT2D eigenvalue weighted by molar-refractivity contribution is 7.17. The van der Waals surface area contributed by atoms with Gasteiger partial charge in [0.15, 0.2) is 0 Å². The van der Waals surface area contributed by atoms with Crippen LogP contribution in [0.2, 0.25) is 0 Å². The number of hydrogen-bond acceptors (Lipinski definition) is 5. The number of nitrogens with one attached hydrogen (secondary N) is 2. The second-order valence-corrected chi connectivity index (χ2v) is 8.64. The van der Waals surface area contributed by atoms with E-state index in [1.165, 1.54) is 37.0 Å². The molecule has 0 unspecified atom stereocenters. The van der Waals surface area contributed by atoms with Crippen LogP contribution in [0.4, 0.5) is 5.82 Å². The first-order valence-corrected chi connectivity index (χ1v) is 11.4. The molecule has 3 N–H and O–H groups in total. The van der Waals surface area contributed by atoms with E-state index in [1.54, 1.807) is 12.3 Å². The first-order valence-electron chi connectivity index (χ1n) is 10.6. The Morgan fingerprint density at radius 1 is 1.17 bits per heavy atom. The summed E-state index contributed by atoms with van der Waals surface area (Å²) in [4.78, 5) is 20.0. The van der Waals surface area contributed by atoms with Crippen LogP contribution in [-0.4, -0.2) is 21.6 Å². The molecule has 4 rings (SSSR count). The van der Waals surface area contributed by atoms with Gasteiger partial charge >= 0.3 is 0 Å². The summed E-state index contributed by atoms with van der Waals surface area (Å²) in [5.41, 5.74) is 3.03. The van der Waals surface area contributed by atoms with Crippen molar-refractivity contribution < 1.29 is 5.11 Å². The monoisotopic (exact) mass is 421 g/mol. The quantitative estimate of drug-likeness (QED) is 0.296. The van der Waals surface area contributed by atoms with Crippen molar-refractivity contribution in [2.45, 2.75) is 46.0 Å². The number of phenolic OH excluding ortho intramolecular Hbond substituents is 1. The van der Waals surface area contributed by atoms with Gasteiger partial charge in [0.25, 0.3) is 5.56 Å². The average molecular weight is 422 g/mol. The van der Waals surface area contributed by atoms with Crippen molar-refractivity contribution in [1.29, 1.82) is 0 Å². The Hall–Kier alpha value is -2.86. The Morgan fingerprint density at radius 3 is 2.77 bits per heavy atom. The minimum atomic E-state index is -0.0937. The minimum absolute atomic E-state index is 0.0937. The molecule has 0 spiro atoms. The molecule has 0 radical (unpaired) electrons. The number of hydrogen-bond donors (Lipinski definition) is 3. The summed E-state index contributed by atoms with van der Waals surface area (Å²) in [6.45, 7) is 5.02. The first-order chi connectivity index (χ1) is 14.6. The van der Waals surface area contributed by atoms with Crippen LogP contribution in [0.5, 0.6) is 5.75 Å². The van der Waals surface area contributed by atoms with Crippen LogP contribution >= 0.6 is 11.3 Å². The average Bonchev–Trinajstić information content (AvgIpc) is 3.23. The number of unbranched alkanes of at least 4 members (excludes halogenated alkanes) is 4. The van der Waals surface area contributed by atoms with Crippen molar-refractivity contribution in [2.75, 3.05) is 11.9 Å². The fourth-order valence-corrected chi connectivity index (χ4v) is 4.76. The smallest absolute Gasteiger partial charge is 0.266 e. The fraction of sp³-hybridized carbons (Fsp3) is 0.333. The van der Waals surface area contributed by atoms with E-state index in [-0.39, 0.29) is 11.3 Å². The molecule has 0 saturated heterocycles. The van der Waals surface area contributed by atoms with Gasteiger partial charge in [-0.3, -0.25) is 4.79 Å². The van der Waals surface area contributed by atoms with Crippen molar-refractivity contribution in [1.82, 2.24) is 9.97 Å². The van der Waals surface area contributed by atoms with Crippen LogP contribution < -0.4 is 10.9 Å². The molecule has 0 aliphatic carbocycles. The van der Waals surface area contributed by atoms with E-state index in [0.717, 1.165) is 46.2 Å².